The molecule has 0 fully saturated rings. The number of hydrogen-bond donors (Lipinski definition) is 0. The highest BCUT2D eigenvalue weighted by Crippen LogP contribution is 2.22. The largest absolute Gasteiger partial charge is 0.440 e. The number of oxazole rings is 1. The first-order valence-electron chi connectivity index (χ1n) is 6.26. The van der Waals surface area contributed by atoms with Crippen LogP contribution in [0.2, 0.25) is 0 Å². The summed E-state index contributed by atoms with van der Waals surface area (Å²) in [5.41, 5.74) is 0.852. The van der Waals surface area contributed by atoms with Gasteiger partial charge >= 0.3 is 0 Å². The van der Waals surface area contributed by atoms with Gasteiger partial charge in [0.05, 0.1) is 6.20 Å². The molecule has 0 atom stereocenters. The van der Waals surface area contributed by atoms with E-state index in [0.29, 0.717) is 5.76 Å². The standard InChI is InChI=1S/C14H13N3O3S/c1-17-8-7-15-14(17)21(18,19)10-13-16-9-12(20-13)11-5-3-2-4-6-11/h2-9H,10H2,1H3. The number of benzene rings is 1. The second kappa shape index (κ2) is 5.17. The molecule has 1 aromatic carbocycles. The molecule has 0 amide bonds. The van der Waals surface area contributed by atoms with Gasteiger partial charge in [0.15, 0.2) is 5.76 Å². The zero-order chi connectivity index (χ0) is 14.9. The van der Waals surface area contributed by atoms with E-state index in [0.717, 1.165) is 5.56 Å². The monoisotopic (exact) mass is 303 g/mol. The van der Waals surface area contributed by atoms with Crippen LogP contribution >= 0.6 is 0 Å². The van der Waals surface area contributed by atoms with E-state index in [4.69, 9.17) is 4.42 Å². The number of sulfone groups is 1. The van der Waals surface area contributed by atoms with Crippen LogP contribution in [0.25, 0.3) is 11.3 Å². The van der Waals surface area contributed by atoms with Gasteiger partial charge in [-0.3, -0.25) is 0 Å². The molecule has 0 aliphatic carbocycles. The second-order valence-electron chi connectivity index (χ2n) is 4.56. The highest BCUT2D eigenvalue weighted by Gasteiger charge is 2.23. The minimum atomic E-state index is -3.57. The van der Waals surface area contributed by atoms with E-state index in [1.54, 1.807) is 13.2 Å². The molecule has 0 N–H and O–H groups in total. The van der Waals surface area contributed by atoms with Crippen LogP contribution in [0.15, 0.2) is 58.5 Å². The lowest BCUT2D eigenvalue weighted by Gasteiger charge is -2.01. The fourth-order valence-corrected chi connectivity index (χ4v) is 3.30. The Balaban J connectivity index is 1.87. The molecule has 7 heteroatoms. The van der Waals surface area contributed by atoms with Crippen molar-refractivity contribution >= 4 is 9.84 Å². The molecule has 0 aliphatic rings. The Kier molecular flexibility index (Phi) is 3.34. The van der Waals surface area contributed by atoms with Crippen molar-refractivity contribution in [3.63, 3.8) is 0 Å². The molecule has 0 unspecified atom stereocenters. The van der Waals surface area contributed by atoms with Gasteiger partial charge in [-0.2, -0.15) is 0 Å². The van der Waals surface area contributed by atoms with Crippen molar-refractivity contribution in [2.45, 2.75) is 10.9 Å². The number of rotatable bonds is 4. The molecule has 0 saturated heterocycles. The van der Waals surface area contributed by atoms with E-state index in [2.05, 4.69) is 9.97 Å². The fourth-order valence-electron chi connectivity index (χ4n) is 1.99. The SMILES string of the molecule is Cn1ccnc1S(=O)(=O)Cc1ncc(-c2ccccc2)o1. The van der Waals surface area contributed by atoms with Crippen LogP contribution in [0, 0.1) is 0 Å². The average molecular weight is 303 g/mol. The van der Waals surface area contributed by atoms with Crippen molar-refractivity contribution in [2.75, 3.05) is 0 Å². The summed E-state index contributed by atoms with van der Waals surface area (Å²) in [6.45, 7) is 0. The third kappa shape index (κ3) is 2.73. The molecular formula is C14H13N3O3S. The van der Waals surface area contributed by atoms with Gasteiger partial charge in [-0.1, -0.05) is 30.3 Å². The molecule has 0 aliphatic heterocycles. The highest BCUT2D eigenvalue weighted by atomic mass is 32.2. The minimum Gasteiger partial charge on any atom is -0.440 e. The Labute approximate surface area is 122 Å². The normalized spacial score (nSPS) is 11.7. The summed E-state index contributed by atoms with van der Waals surface area (Å²) in [7, 11) is -1.94. The number of aryl methyl sites for hydroxylation is 1. The van der Waals surface area contributed by atoms with E-state index < -0.39 is 9.84 Å². The molecule has 0 spiro atoms. The van der Waals surface area contributed by atoms with Crippen LogP contribution in [0.4, 0.5) is 0 Å². The molecule has 2 aromatic heterocycles. The van der Waals surface area contributed by atoms with Crippen LogP contribution in [-0.4, -0.2) is 23.0 Å². The van der Waals surface area contributed by atoms with E-state index >= 15 is 0 Å². The van der Waals surface area contributed by atoms with Crippen molar-refractivity contribution < 1.29 is 12.8 Å². The van der Waals surface area contributed by atoms with E-state index in [1.807, 2.05) is 30.3 Å². The smallest absolute Gasteiger partial charge is 0.227 e. The maximum Gasteiger partial charge on any atom is 0.227 e. The van der Waals surface area contributed by atoms with Gasteiger partial charge in [-0.15, -0.1) is 0 Å². The third-order valence-electron chi connectivity index (χ3n) is 2.98. The van der Waals surface area contributed by atoms with Gasteiger partial charge in [0.1, 0.15) is 5.75 Å². The van der Waals surface area contributed by atoms with Gasteiger partial charge in [0, 0.05) is 25.0 Å². The van der Waals surface area contributed by atoms with Crippen LogP contribution in [0.3, 0.4) is 0 Å². The third-order valence-corrected chi connectivity index (χ3v) is 4.56. The number of aromatic nitrogens is 3. The second-order valence-corrected chi connectivity index (χ2v) is 6.45. The maximum absolute atomic E-state index is 12.2. The molecule has 3 aromatic rings. The van der Waals surface area contributed by atoms with Crippen molar-refractivity contribution in [1.29, 1.82) is 0 Å². The van der Waals surface area contributed by atoms with Gasteiger partial charge in [0.2, 0.25) is 20.9 Å². The summed E-state index contributed by atoms with van der Waals surface area (Å²) < 4.78 is 31.5. The average Bonchev–Trinajstić information content (AvgIpc) is 3.08. The molecule has 6 nitrogen and oxygen atoms in total. The summed E-state index contributed by atoms with van der Waals surface area (Å²) in [5.74, 6) is 0.377. The minimum absolute atomic E-state index is 0.00182. The Morgan fingerprint density at radius 1 is 1.19 bits per heavy atom. The summed E-state index contributed by atoms with van der Waals surface area (Å²) in [6, 6.07) is 9.39. The van der Waals surface area contributed by atoms with E-state index in [-0.39, 0.29) is 16.8 Å². The van der Waals surface area contributed by atoms with Crippen molar-refractivity contribution in [3.05, 3.63) is 54.8 Å². The predicted molar refractivity (Wildman–Crippen MR) is 76.0 cm³/mol. The Bertz CT molecular complexity index is 850. The summed E-state index contributed by atoms with van der Waals surface area (Å²) >= 11 is 0. The van der Waals surface area contributed by atoms with Crippen molar-refractivity contribution in [3.8, 4) is 11.3 Å². The first kappa shape index (κ1) is 13.6. The summed E-state index contributed by atoms with van der Waals surface area (Å²) in [6.07, 6.45) is 4.55. The lowest BCUT2D eigenvalue weighted by atomic mass is 10.2. The van der Waals surface area contributed by atoms with Gasteiger partial charge in [-0.05, 0) is 0 Å². The molecule has 2 heterocycles. The van der Waals surface area contributed by atoms with Crippen LogP contribution in [0.5, 0.6) is 0 Å². The molecule has 0 radical (unpaired) electrons. The lowest BCUT2D eigenvalue weighted by molar-refractivity contribution is 0.516. The maximum atomic E-state index is 12.2. The fraction of sp³-hybridized carbons (Fsp3) is 0.143. The quantitative estimate of drug-likeness (QED) is 0.737. The highest BCUT2D eigenvalue weighted by molar-refractivity contribution is 7.90. The number of nitrogens with zero attached hydrogens (tertiary/aromatic N) is 3. The first-order valence-corrected chi connectivity index (χ1v) is 7.92. The molecule has 21 heavy (non-hydrogen) atoms. The topological polar surface area (TPSA) is 78.0 Å². The summed E-state index contributed by atoms with van der Waals surface area (Å²) in [5, 5.41) is 0.00182. The molecule has 0 bridgehead atoms. The molecule has 0 saturated carbocycles. The zero-order valence-corrected chi connectivity index (χ0v) is 12.1. The van der Waals surface area contributed by atoms with Gasteiger partial charge in [-0.25, -0.2) is 18.4 Å². The van der Waals surface area contributed by atoms with E-state index in [1.165, 1.54) is 17.0 Å². The first-order chi connectivity index (χ1) is 10.1. The van der Waals surface area contributed by atoms with Crippen molar-refractivity contribution in [2.24, 2.45) is 7.05 Å². The Hall–Kier alpha value is -2.41. The van der Waals surface area contributed by atoms with Gasteiger partial charge < -0.3 is 8.98 Å². The lowest BCUT2D eigenvalue weighted by Crippen LogP contribution is -2.10. The number of hydrogen-bond acceptors (Lipinski definition) is 5. The van der Waals surface area contributed by atoms with E-state index in [9.17, 15) is 8.42 Å². The molecule has 3 rings (SSSR count). The Morgan fingerprint density at radius 3 is 2.62 bits per heavy atom. The predicted octanol–water partition coefficient (Wildman–Crippen LogP) is 2.05. The summed E-state index contributed by atoms with van der Waals surface area (Å²) in [4.78, 5) is 7.89. The van der Waals surface area contributed by atoms with Gasteiger partial charge in [0.25, 0.3) is 0 Å². The molecular weight excluding hydrogens is 290 g/mol. The van der Waals surface area contributed by atoms with Crippen LogP contribution in [-0.2, 0) is 22.6 Å². The zero-order valence-electron chi connectivity index (χ0n) is 11.3. The van der Waals surface area contributed by atoms with Crippen molar-refractivity contribution in [1.82, 2.24) is 14.5 Å². The number of imidazole rings is 1. The Morgan fingerprint density at radius 2 is 1.95 bits per heavy atom. The van der Waals surface area contributed by atoms with Crippen LogP contribution in [0.1, 0.15) is 5.89 Å². The molecule has 108 valence electrons. The van der Waals surface area contributed by atoms with Crippen LogP contribution < -0.4 is 0 Å².